The molecule has 0 spiro atoms. The number of hydrogen-bond acceptors (Lipinski definition) is 3. The van der Waals surface area contributed by atoms with Gasteiger partial charge in [0.1, 0.15) is 0 Å². The summed E-state index contributed by atoms with van der Waals surface area (Å²) in [5, 5.41) is 0. The lowest BCUT2D eigenvalue weighted by Crippen LogP contribution is -2.37. The second-order valence-electron chi connectivity index (χ2n) is 6.13. The molecule has 0 N–H and O–H groups in total. The zero-order valence-corrected chi connectivity index (χ0v) is 12.3. The Hall–Kier alpha value is -1.33. The van der Waals surface area contributed by atoms with Crippen LogP contribution in [0, 0.1) is 17.0 Å². The van der Waals surface area contributed by atoms with E-state index < -0.39 is 17.4 Å². The molecule has 1 aliphatic rings. The molecule has 3 nitrogen and oxygen atoms in total. The molecular weight excluding hydrogens is 278 g/mol. The van der Waals surface area contributed by atoms with Crippen LogP contribution in [0.25, 0.3) is 0 Å². The standard InChI is InChI=1S/C16H20F2O3/c1-16(2)9-20-14(21-10-16)8-4-7-13(19)11-5-3-6-12(17)15(11)18/h3,5-6,14H,4,7-10H2,1-2H3. The highest BCUT2D eigenvalue weighted by molar-refractivity contribution is 5.96. The van der Waals surface area contributed by atoms with E-state index in [1.807, 2.05) is 0 Å². The van der Waals surface area contributed by atoms with E-state index >= 15 is 0 Å². The fourth-order valence-corrected chi connectivity index (χ4v) is 2.18. The zero-order valence-electron chi connectivity index (χ0n) is 12.3. The van der Waals surface area contributed by atoms with Crippen LogP contribution in [0.3, 0.4) is 0 Å². The first-order valence-electron chi connectivity index (χ1n) is 7.09. The van der Waals surface area contributed by atoms with Crippen molar-refractivity contribution in [2.24, 2.45) is 5.41 Å². The van der Waals surface area contributed by atoms with Gasteiger partial charge in [-0.3, -0.25) is 4.79 Å². The molecule has 5 heteroatoms. The van der Waals surface area contributed by atoms with Gasteiger partial charge >= 0.3 is 0 Å². The van der Waals surface area contributed by atoms with Crippen molar-refractivity contribution in [1.82, 2.24) is 0 Å². The second-order valence-corrected chi connectivity index (χ2v) is 6.13. The molecule has 2 rings (SSSR count). The Kier molecular flexibility index (Phi) is 5.06. The number of carbonyl (C=O) groups excluding carboxylic acids is 1. The third-order valence-electron chi connectivity index (χ3n) is 3.42. The van der Waals surface area contributed by atoms with E-state index in [2.05, 4.69) is 13.8 Å². The molecule has 0 aromatic heterocycles. The van der Waals surface area contributed by atoms with Crippen LogP contribution in [-0.2, 0) is 9.47 Å². The Bertz CT molecular complexity index is 504. The van der Waals surface area contributed by atoms with Gasteiger partial charge in [0.05, 0.1) is 18.8 Å². The number of ketones is 1. The first-order valence-corrected chi connectivity index (χ1v) is 7.09. The summed E-state index contributed by atoms with van der Waals surface area (Å²) in [6.45, 7) is 5.34. The Morgan fingerprint density at radius 1 is 1.29 bits per heavy atom. The number of hydrogen-bond donors (Lipinski definition) is 0. The summed E-state index contributed by atoms with van der Waals surface area (Å²) >= 11 is 0. The van der Waals surface area contributed by atoms with Crippen LogP contribution >= 0.6 is 0 Å². The number of carbonyl (C=O) groups is 1. The summed E-state index contributed by atoms with van der Waals surface area (Å²) in [4.78, 5) is 11.9. The molecule has 1 aromatic rings. The van der Waals surface area contributed by atoms with Gasteiger partial charge < -0.3 is 9.47 Å². The van der Waals surface area contributed by atoms with E-state index in [1.165, 1.54) is 12.1 Å². The third-order valence-corrected chi connectivity index (χ3v) is 3.42. The molecule has 1 aromatic carbocycles. The van der Waals surface area contributed by atoms with Crippen LogP contribution in [-0.4, -0.2) is 25.3 Å². The predicted molar refractivity (Wildman–Crippen MR) is 74.0 cm³/mol. The maximum Gasteiger partial charge on any atom is 0.169 e. The molecule has 1 saturated heterocycles. The van der Waals surface area contributed by atoms with Crippen molar-refractivity contribution in [3.63, 3.8) is 0 Å². The van der Waals surface area contributed by atoms with Gasteiger partial charge in [-0.25, -0.2) is 8.78 Å². The molecule has 0 bridgehead atoms. The smallest absolute Gasteiger partial charge is 0.169 e. The normalized spacial score (nSPS) is 18.7. The summed E-state index contributed by atoms with van der Waals surface area (Å²) in [7, 11) is 0. The highest BCUT2D eigenvalue weighted by Crippen LogP contribution is 2.25. The Morgan fingerprint density at radius 2 is 1.95 bits per heavy atom. The van der Waals surface area contributed by atoms with Crippen molar-refractivity contribution >= 4 is 5.78 Å². The Balaban J connectivity index is 1.79. The number of ether oxygens (including phenoxy) is 2. The number of rotatable bonds is 5. The minimum atomic E-state index is -1.07. The SMILES string of the molecule is CC1(C)COC(CCCC(=O)c2cccc(F)c2F)OC1. The van der Waals surface area contributed by atoms with E-state index in [0.29, 0.717) is 26.1 Å². The maximum atomic E-state index is 13.5. The van der Waals surface area contributed by atoms with E-state index in [4.69, 9.17) is 9.47 Å². The van der Waals surface area contributed by atoms with Crippen LogP contribution < -0.4 is 0 Å². The first kappa shape index (κ1) is 16.0. The average Bonchev–Trinajstić information content (AvgIpc) is 2.43. The summed E-state index contributed by atoms with van der Waals surface area (Å²) in [6, 6.07) is 3.63. The predicted octanol–water partition coefficient (Wildman–Crippen LogP) is 3.72. The van der Waals surface area contributed by atoms with Gasteiger partial charge in [0.15, 0.2) is 23.7 Å². The van der Waals surface area contributed by atoms with E-state index in [9.17, 15) is 13.6 Å². The second kappa shape index (κ2) is 6.62. The van der Waals surface area contributed by atoms with Crippen LogP contribution in [0.1, 0.15) is 43.5 Å². The van der Waals surface area contributed by atoms with Gasteiger partial charge in [-0.1, -0.05) is 19.9 Å². The van der Waals surface area contributed by atoms with Crippen molar-refractivity contribution in [3.05, 3.63) is 35.4 Å². The molecule has 1 heterocycles. The lowest BCUT2D eigenvalue weighted by molar-refractivity contribution is -0.223. The summed E-state index contributed by atoms with van der Waals surface area (Å²) in [6.07, 6.45) is 0.911. The molecular formula is C16H20F2O3. The molecule has 0 unspecified atom stereocenters. The number of benzene rings is 1. The van der Waals surface area contributed by atoms with E-state index in [-0.39, 0.29) is 23.7 Å². The zero-order chi connectivity index (χ0) is 15.5. The van der Waals surface area contributed by atoms with Crippen LogP contribution in [0.4, 0.5) is 8.78 Å². The third kappa shape index (κ3) is 4.32. The van der Waals surface area contributed by atoms with E-state index in [0.717, 1.165) is 6.07 Å². The van der Waals surface area contributed by atoms with Gasteiger partial charge in [-0.05, 0) is 25.0 Å². The molecule has 0 aliphatic carbocycles. The molecule has 0 atom stereocenters. The quantitative estimate of drug-likeness (QED) is 0.777. The first-order chi connectivity index (χ1) is 9.89. The summed E-state index contributed by atoms with van der Waals surface area (Å²) < 4.78 is 37.6. The van der Waals surface area contributed by atoms with Gasteiger partial charge in [0.25, 0.3) is 0 Å². The fraction of sp³-hybridized carbons (Fsp3) is 0.562. The molecule has 1 aliphatic heterocycles. The largest absolute Gasteiger partial charge is 0.352 e. The minimum absolute atomic E-state index is 0.0109. The maximum absolute atomic E-state index is 13.5. The lowest BCUT2D eigenvalue weighted by atomic mass is 9.95. The van der Waals surface area contributed by atoms with Gasteiger partial charge in [-0.2, -0.15) is 0 Å². The number of halogens is 2. The summed E-state index contributed by atoms with van der Waals surface area (Å²) in [5.74, 6) is -2.47. The van der Waals surface area contributed by atoms with Crippen LogP contribution in [0.5, 0.6) is 0 Å². The van der Waals surface area contributed by atoms with Crippen molar-refractivity contribution in [2.75, 3.05) is 13.2 Å². The molecule has 116 valence electrons. The van der Waals surface area contributed by atoms with Crippen molar-refractivity contribution in [1.29, 1.82) is 0 Å². The van der Waals surface area contributed by atoms with Crippen molar-refractivity contribution < 1.29 is 23.0 Å². The summed E-state index contributed by atoms with van der Waals surface area (Å²) in [5.41, 5.74) is -0.182. The van der Waals surface area contributed by atoms with Crippen molar-refractivity contribution in [2.45, 2.75) is 39.4 Å². The Labute approximate surface area is 123 Å². The molecule has 0 radical (unpaired) electrons. The highest BCUT2D eigenvalue weighted by atomic mass is 19.2. The topological polar surface area (TPSA) is 35.5 Å². The van der Waals surface area contributed by atoms with Gasteiger partial charge in [-0.15, -0.1) is 0 Å². The molecule has 21 heavy (non-hydrogen) atoms. The fourth-order valence-electron chi connectivity index (χ4n) is 2.18. The molecule has 0 amide bonds. The highest BCUT2D eigenvalue weighted by Gasteiger charge is 2.28. The lowest BCUT2D eigenvalue weighted by Gasteiger charge is -2.34. The molecule has 1 fully saturated rings. The molecule has 0 saturated carbocycles. The van der Waals surface area contributed by atoms with Gasteiger partial charge in [0, 0.05) is 11.8 Å². The Morgan fingerprint density at radius 3 is 2.62 bits per heavy atom. The minimum Gasteiger partial charge on any atom is -0.352 e. The average molecular weight is 298 g/mol. The van der Waals surface area contributed by atoms with Crippen LogP contribution in [0.15, 0.2) is 18.2 Å². The monoisotopic (exact) mass is 298 g/mol. The van der Waals surface area contributed by atoms with Gasteiger partial charge in [0.2, 0.25) is 0 Å². The van der Waals surface area contributed by atoms with E-state index in [1.54, 1.807) is 0 Å². The van der Waals surface area contributed by atoms with Crippen LogP contribution in [0.2, 0.25) is 0 Å². The number of Topliss-reactive ketones (excluding diaryl/α,β-unsaturated/α-hetero) is 1. The van der Waals surface area contributed by atoms with Crippen molar-refractivity contribution in [3.8, 4) is 0 Å².